The summed E-state index contributed by atoms with van der Waals surface area (Å²) in [6.07, 6.45) is 0.710. The zero-order valence-electron chi connectivity index (χ0n) is 22.3. The number of benzene rings is 3. The van der Waals surface area contributed by atoms with Crippen LogP contribution in [0.4, 0.5) is 0 Å². The van der Waals surface area contributed by atoms with Gasteiger partial charge in [0.15, 0.2) is 5.85 Å². The highest BCUT2D eigenvalue weighted by atomic mass is 31.2. The van der Waals surface area contributed by atoms with Gasteiger partial charge < -0.3 is 23.6 Å². The third-order valence-corrected chi connectivity index (χ3v) is 8.55. The van der Waals surface area contributed by atoms with E-state index >= 15 is 0 Å². The Morgan fingerprint density at radius 1 is 0.763 bits per heavy atom. The maximum atomic E-state index is 13.8. The van der Waals surface area contributed by atoms with E-state index in [9.17, 15) is 9.67 Å². The first-order valence-electron chi connectivity index (χ1n) is 13.0. The van der Waals surface area contributed by atoms with Crippen LogP contribution in [0.1, 0.15) is 44.4 Å². The first-order valence-corrected chi connectivity index (χ1v) is 14.6. The molecule has 0 spiro atoms. The third kappa shape index (κ3) is 6.35. The van der Waals surface area contributed by atoms with Gasteiger partial charge in [-0.15, -0.1) is 0 Å². The minimum atomic E-state index is -3.69. The molecule has 3 aromatic carbocycles. The molecule has 0 saturated heterocycles. The topological polar surface area (TPSA) is 74.2 Å². The van der Waals surface area contributed by atoms with E-state index in [4.69, 9.17) is 18.5 Å². The van der Waals surface area contributed by atoms with Crippen LogP contribution < -0.4 is 0 Å². The minimum absolute atomic E-state index is 0.0179. The van der Waals surface area contributed by atoms with Gasteiger partial charge in [0.25, 0.3) is 0 Å². The van der Waals surface area contributed by atoms with E-state index in [2.05, 4.69) is 0 Å². The van der Waals surface area contributed by atoms with Crippen molar-refractivity contribution in [3.05, 3.63) is 120 Å². The van der Waals surface area contributed by atoms with Crippen molar-refractivity contribution < 1.29 is 28.2 Å². The van der Waals surface area contributed by atoms with Crippen LogP contribution in [0.25, 0.3) is 0 Å². The molecular weight excluding hydrogens is 499 g/mol. The number of hydrogen-bond acceptors (Lipinski definition) is 6. The Bertz CT molecular complexity index is 1100. The number of aliphatic hydroxyl groups is 1. The van der Waals surface area contributed by atoms with E-state index < -0.39 is 31.2 Å². The van der Waals surface area contributed by atoms with E-state index in [0.29, 0.717) is 0 Å². The Hall–Kier alpha value is -2.57. The summed E-state index contributed by atoms with van der Waals surface area (Å²) in [5, 5.41) is 10.9. The van der Waals surface area contributed by atoms with Crippen molar-refractivity contribution >= 4 is 7.60 Å². The lowest BCUT2D eigenvalue weighted by atomic mass is 9.80. The van der Waals surface area contributed by atoms with Gasteiger partial charge in [0.2, 0.25) is 0 Å². The molecule has 1 heterocycles. The standard InChI is InChI=1S/C31H37O6P/c1-23(2)36-38(33,37-24(3)4)30-21-20-28(32)29(35-30)22-34-31(25-14-8-5-9-15-25,26-16-10-6-11-17-26)27-18-12-7-13-19-27/h5-21,23-24,28-30,32H,22H2,1-4H3/t28-,29+,30?/m1/s1. The quantitative estimate of drug-likeness (QED) is 0.167. The van der Waals surface area contributed by atoms with Gasteiger partial charge in [-0.1, -0.05) is 97.1 Å². The van der Waals surface area contributed by atoms with Gasteiger partial charge in [0, 0.05) is 0 Å². The second-order valence-electron chi connectivity index (χ2n) is 9.88. The Morgan fingerprint density at radius 2 is 1.18 bits per heavy atom. The fourth-order valence-electron chi connectivity index (χ4n) is 4.66. The van der Waals surface area contributed by atoms with Gasteiger partial charge in [0.05, 0.1) is 18.8 Å². The van der Waals surface area contributed by atoms with E-state index in [1.54, 1.807) is 39.8 Å². The molecule has 1 N–H and O–H groups in total. The predicted molar refractivity (Wildman–Crippen MR) is 149 cm³/mol. The number of aliphatic hydroxyl groups excluding tert-OH is 1. The summed E-state index contributed by atoms with van der Waals surface area (Å²) in [5.41, 5.74) is 1.83. The van der Waals surface area contributed by atoms with Crippen LogP contribution in [0.5, 0.6) is 0 Å². The molecule has 1 aliphatic heterocycles. The first-order chi connectivity index (χ1) is 18.2. The molecule has 3 aromatic rings. The van der Waals surface area contributed by atoms with Crippen LogP contribution in [0.2, 0.25) is 0 Å². The molecule has 7 heteroatoms. The molecule has 6 nitrogen and oxygen atoms in total. The van der Waals surface area contributed by atoms with E-state index in [1.807, 2.05) is 91.0 Å². The van der Waals surface area contributed by atoms with E-state index in [1.165, 1.54) is 0 Å². The van der Waals surface area contributed by atoms with E-state index in [-0.39, 0.29) is 18.8 Å². The largest absolute Gasteiger partial charge is 0.386 e. The summed E-state index contributed by atoms with van der Waals surface area (Å²) in [5.74, 6) is -0.969. The summed E-state index contributed by atoms with van der Waals surface area (Å²) < 4.78 is 38.3. The maximum absolute atomic E-state index is 13.8. The smallest absolute Gasteiger partial charge is 0.363 e. The molecular formula is C31H37O6P. The summed E-state index contributed by atoms with van der Waals surface area (Å²) >= 11 is 0. The summed E-state index contributed by atoms with van der Waals surface area (Å²) in [7, 11) is -3.69. The van der Waals surface area contributed by atoms with Crippen LogP contribution in [0.3, 0.4) is 0 Å². The fourth-order valence-corrected chi connectivity index (χ4v) is 6.74. The Labute approximate surface area is 225 Å². The van der Waals surface area contributed by atoms with Gasteiger partial charge in [-0.2, -0.15) is 0 Å². The number of rotatable bonds is 11. The summed E-state index contributed by atoms with van der Waals surface area (Å²) in [6, 6.07) is 30.0. The zero-order valence-corrected chi connectivity index (χ0v) is 23.2. The molecule has 0 amide bonds. The van der Waals surface area contributed by atoms with Gasteiger partial charge >= 0.3 is 7.60 Å². The van der Waals surface area contributed by atoms with E-state index in [0.717, 1.165) is 16.7 Å². The average molecular weight is 537 g/mol. The second kappa shape index (κ2) is 12.5. The van der Waals surface area contributed by atoms with Crippen LogP contribution in [0.15, 0.2) is 103 Å². The predicted octanol–water partition coefficient (Wildman–Crippen LogP) is 6.68. The minimum Gasteiger partial charge on any atom is -0.386 e. The molecule has 0 radical (unpaired) electrons. The molecule has 4 rings (SSSR count). The van der Waals surface area contributed by atoms with Crippen molar-refractivity contribution in [1.82, 2.24) is 0 Å². The average Bonchev–Trinajstić information content (AvgIpc) is 2.91. The van der Waals surface area contributed by atoms with Gasteiger partial charge in [-0.25, -0.2) is 0 Å². The molecule has 38 heavy (non-hydrogen) atoms. The van der Waals surface area contributed by atoms with Crippen molar-refractivity contribution in [2.45, 2.75) is 63.6 Å². The van der Waals surface area contributed by atoms with Crippen molar-refractivity contribution in [1.29, 1.82) is 0 Å². The lowest BCUT2D eigenvalue weighted by molar-refractivity contribution is -0.108. The lowest BCUT2D eigenvalue weighted by Crippen LogP contribution is -2.43. The zero-order chi connectivity index (χ0) is 27.2. The summed E-state index contributed by atoms with van der Waals surface area (Å²) in [4.78, 5) is 0. The fraction of sp³-hybridized carbons (Fsp3) is 0.355. The molecule has 0 aromatic heterocycles. The highest BCUT2D eigenvalue weighted by Crippen LogP contribution is 2.57. The Kier molecular flexibility index (Phi) is 9.37. The molecule has 1 aliphatic rings. The van der Waals surface area contributed by atoms with Crippen LogP contribution in [-0.4, -0.2) is 42.0 Å². The number of ether oxygens (including phenoxy) is 2. The lowest BCUT2D eigenvalue weighted by Gasteiger charge is -2.39. The molecule has 0 aliphatic carbocycles. The van der Waals surface area contributed by atoms with Gasteiger partial charge in [-0.05, 0) is 50.5 Å². The monoisotopic (exact) mass is 536 g/mol. The molecule has 202 valence electrons. The third-order valence-electron chi connectivity index (χ3n) is 6.20. The van der Waals surface area contributed by atoms with Crippen molar-refractivity contribution in [2.75, 3.05) is 6.61 Å². The molecule has 3 atom stereocenters. The highest BCUT2D eigenvalue weighted by Gasteiger charge is 2.44. The van der Waals surface area contributed by atoms with Crippen molar-refractivity contribution in [2.24, 2.45) is 0 Å². The molecule has 0 bridgehead atoms. The molecule has 0 saturated carbocycles. The Balaban J connectivity index is 1.70. The number of hydrogen-bond donors (Lipinski definition) is 1. The Morgan fingerprint density at radius 3 is 1.58 bits per heavy atom. The molecule has 1 unspecified atom stereocenters. The van der Waals surface area contributed by atoms with Gasteiger partial charge in [-0.3, -0.25) is 4.57 Å². The highest BCUT2D eigenvalue weighted by molar-refractivity contribution is 7.54. The molecule has 0 fully saturated rings. The van der Waals surface area contributed by atoms with Crippen molar-refractivity contribution in [3.63, 3.8) is 0 Å². The van der Waals surface area contributed by atoms with Crippen LogP contribution in [0, 0.1) is 0 Å². The van der Waals surface area contributed by atoms with Crippen LogP contribution in [-0.2, 0) is 28.7 Å². The second-order valence-corrected chi connectivity index (χ2v) is 11.9. The summed E-state index contributed by atoms with van der Waals surface area (Å²) in [6.45, 7) is 7.21. The van der Waals surface area contributed by atoms with Gasteiger partial charge in [0.1, 0.15) is 17.8 Å². The van der Waals surface area contributed by atoms with Crippen LogP contribution >= 0.6 is 7.60 Å². The first kappa shape index (κ1) is 28.4. The normalized spacial score (nSPS) is 20.2. The maximum Gasteiger partial charge on any atom is 0.363 e. The van der Waals surface area contributed by atoms with Crippen molar-refractivity contribution in [3.8, 4) is 0 Å². The SMILES string of the molecule is CC(C)OP(=O)(OC(C)C)C1C=C[C@@H](O)[C@H](COC(c2ccccc2)(c2ccccc2)c2ccccc2)O1.